The van der Waals surface area contributed by atoms with E-state index < -0.39 is 0 Å². The molecule has 0 radical (unpaired) electrons. The smallest absolute Gasteiger partial charge is 0.184 e. The number of aromatic nitrogens is 1. The zero-order chi connectivity index (χ0) is 12.3. The van der Waals surface area contributed by atoms with Gasteiger partial charge >= 0.3 is 0 Å². The fraction of sp³-hybridized carbons (Fsp3) is 0. The number of hydrogen-bond acceptors (Lipinski definition) is 3. The molecule has 0 spiro atoms. The molecule has 1 aromatic carbocycles. The number of halogens is 1. The van der Waals surface area contributed by atoms with Crippen LogP contribution >= 0.6 is 12.2 Å². The molecule has 2 aromatic rings. The highest BCUT2D eigenvalue weighted by atomic mass is 32.1. The van der Waals surface area contributed by atoms with Crippen LogP contribution in [0.4, 0.5) is 4.39 Å². The van der Waals surface area contributed by atoms with Gasteiger partial charge in [-0.2, -0.15) is 5.10 Å². The molecular formula is C11H9FN4S. The second kappa shape index (κ2) is 4.84. The van der Waals surface area contributed by atoms with Crippen molar-refractivity contribution in [1.29, 1.82) is 0 Å². The van der Waals surface area contributed by atoms with Gasteiger partial charge in [0, 0.05) is 17.0 Å². The van der Waals surface area contributed by atoms with E-state index in [1.54, 1.807) is 18.2 Å². The summed E-state index contributed by atoms with van der Waals surface area (Å²) >= 11 is 4.60. The number of rotatable bonds is 2. The third kappa shape index (κ3) is 2.54. The van der Waals surface area contributed by atoms with E-state index in [1.807, 2.05) is 0 Å². The first kappa shape index (κ1) is 11.4. The molecule has 0 aliphatic rings. The number of thiocarbonyl (C=S) groups is 1. The minimum atomic E-state index is -0.290. The molecule has 0 saturated carbocycles. The number of fused-ring (bicyclic) bond motifs is 1. The lowest BCUT2D eigenvalue weighted by molar-refractivity contribution is 0.640. The van der Waals surface area contributed by atoms with Gasteiger partial charge in [0.1, 0.15) is 5.82 Å². The van der Waals surface area contributed by atoms with Gasteiger partial charge in [0.25, 0.3) is 0 Å². The Bertz CT molecular complexity index is 597. The number of benzene rings is 1. The molecular weight excluding hydrogens is 239 g/mol. The van der Waals surface area contributed by atoms with Gasteiger partial charge in [-0.15, -0.1) is 0 Å². The average Bonchev–Trinajstić information content (AvgIpc) is 2.30. The van der Waals surface area contributed by atoms with Crippen LogP contribution in [-0.2, 0) is 0 Å². The molecule has 0 aliphatic carbocycles. The molecule has 1 aromatic heterocycles. The summed E-state index contributed by atoms with van der Waals surface area (Å²) in [5, 5.41) is 5.04. The van der Waals surface area contributed by atoms with Gasteiger partial charge in [-0.3, -0.25) is 10.4 Å². The number of pyridine rings is 1. The van der Waals surface area contributed by atoms with Crippen LogP contribution in [0.1, 0.15) is 5.69 Å². The van der Waals surface area contributed by atoms with E-state index >= 15 is 0 Å². The third-order valence-corrected chi connectivity index (χ3v) is 2.24. The number of nitrogens with one attached hydrogen (secondary N) is 1. The Balaban J connectivity index is 2.44. The molecule has 0 atom stereocenters. The van der Waals surface area contributed by atoms with E-state index in [2.05, 4.69) is 27.7 Å². The number of hydrogen-bond donors (Lipinski definition) is 2. The fourth-order valence-electron chi connectivity index (χ4n) is 1.45. The average molecular weight is 248 g/mol. The Morgan fingerprint density at radius 3 is 3.00 bits per heavy atom. The normalized spacial score (nSPS) is 10.9. The molecule has 6 heteroatoms. The quantitative estimate of drug-likeness (QED) is 0.481. The van der Waals surface area contributed by atoms with Crippen molar-refractivity contribution in [3.8, 4) is 0 Å². The summed E-state index contributed by atoms with van der Waals surface area (Å²) in [4.78, 5) is 4.10. The van der Waals surface area contributed by atoms with Crippen molar-refractivity contribution in [2.24, 2.45) is 10.8 Å². The van der Waals surface area contributed by atoms with Gasteiger partial charge < -0.3 is 5.73 Å². The number of nitrogens with zero attached hydrogens (tertiary/aromatic N) is 2. The van der Waals surface area contributed by atoms with E-state index in [4.69, 9.17) is 5.73 Å². The minimum absolute atomic E-state index is 0.0627. The fourth-order valence-corrected chi connectivity index (χ4v) is 1.50. The van der Waals surface area contributed by atoms with E-state index in [0.717, 1.165) is 0 Å². The molecule has 0 aliphatic heterocycles. The third-order valence-electron chi connectivity index (χ3n) is 2.15. The van der Waals surface area contributed by atoms with Gasteiger partial charge in [0.15, 0.2) is 5.11 Å². The van der Waals surface area contributed by atoms with E-state index in [1.165, 1.54) is 18.5 Å². The largest absolute Gasteiger partial charge is 0.375 e. The first-order valence-electron chi connectivity index (χ1n) is 4.80. The molecule has 4 nitrogen and oxygen atoms in total. The second-order valence-electron chi connectivity index (χ2n) is 3.27. The van der Waals surface area contributed by atoms with Crippen molar-refractivity contribution >= 4 is 34.3 Å². The molecule has 0 unspecified atom stereocenters. The predicted molar refractivity (Wildman–Crippen MR) is 69.2 cm³/mol. The maximum absolute atomic E-state index is 13.5. The summed E-state index contributed by atoms with van der Waals surface area (Å²) in [7, 11) is 0. The zero-order valence-electron chi connectivity index (χ0n) is 8.72. The van der Waals surface area contributed by atoms with Gasteiger partial charge in [-0.1, -0.05) is 12.1 Å². The van der Waals surface area contributed by atoms with Crippen LogP contribution in [0, 0.1) is 5.82 Å². The number of hydrazone groups is 1. The molecule has 0 fully saturated rings. The Morgan fingerprint density at radius 2 is 2.24 bits per heavy atom. The van der Waals surface area contributed by atoms with Gasteiger partial charge in [0.05, 0.1) is 11.9 Å². The summed E-state index contributed by atoms with van der Waals surface area (Å²) in [6.45, 7) is 0. The van der Waals surface area contributed by atoms with Gasteiger partial charge in [-0.25, -0.2) is 4.39 Å². The van der Waals surface area contributed by atoms with Crippen LogP contribution in [0.25, 0.3) is 10.8 Å². The first-order chi connectivity index (χ1) is 8.18. The molecule has 86 valence electrons. The summed E-state index contributed by atoms with van der Waals surface area (Å²) in [5.74, 6) is -0.290. The zero-order valence-corrected chi connectivity index (χ0v) is 9.54. The molecule has 17 heavy (non-hydrogen) atoms. The van der Waals surface area contributed by atoms with Crippen LogP contribution in [0.5, 0.6) is 0 Å². The van der Waals surface area contributed by atoms with Crippen molar-refractivity contribution in [3.63, 3.8) is 0 Å². The summed E-state index contributed by atoms with van der Waals surface area (Å²) < 4.78 is 13.5. The Morgan fingerprint density at radius 1 is 1.41 bits per heavy atom. The monoisotopic (exact) mass is 248 g/mol. The maximum Gasteiger partial charge on any atom is 0.184 e. The molecule has 1 heterocycles. The van der Waals surface area contributed by atoms with Crippen LogP contribution in [0.2, 0.25) is 0 Å². The van der Waals surface area contributed by atoms with Crippen LogP contribution in [-0.4, -0.2) is 16.3 Å². The van der Waals surface area contributed by atoms with Crippen molar-refractivity contribution in [3.05, 3.63) is 42.0 Å². The van der Waals surface area contributed by atoms with E-state index in [-0.39, 0.29) is 10.9 Å². The van der Waals surface area contributed by atoms with Crippen LogP contribution in [0.15, 0.2) is 35.6 Å². The highest BCUT2D eigenvalue weighted by Crippen LogP contribution is 2.18. The topological polar surface area (TPSA) is 63.3 Å². The van der Waals surface area contributed by atoms with Gasteiger partial charge in [-0.05, 0) is 24.4 Å². The van der Waals surface area contributed by atoms with Crippen molar-refractivity contribution < 1.29 is 4.39 Å². The lowest BCUT2D eigenvalue weighted by Crippen LogP contribution is -2.24. The number of nitrogens with two attached hydrogens (primary N) is 1. The lowest BCUT2D eigenvalue weighted by Gasteiger charge is -2.01. The summed E-state index contributed by atoms with van der Waals surface area (Å²) in [6.07, 6.45) is 2.97. The Kier molecular flexibility index (Phi) is 3.24. The van der Waals surface area contributed by atoms with Crippen molar-refractivity contribution in [2.75, 3.05) is 0 Å². The van der Waals surface area contributed by atoms with E-state index in [0.29, 0.717) is 16.5 Å². The van der Waals surface area contributed by atoms with Crippen molar-refractivity contribution in [1.82, 2.24) is 10.4 Å². The molecule has 0 amide bonds. The predicted octanol–water partition coefficient (Wildman–Crippen LogP) is 1.54. The first-order valence-corrected chi connectivity index (χ1v) is 5.21. The minimum Gasteiger partial charge on any atom is -0.375 e. The lowest BCUT2D eigenvalue weighted by atomic mass is 10.1. The maximum atomic E-state index is 13.5. The van der Waals surface area contributed by atoms with E-state index in [9.17, 15) is 4.39 Å². The summed E-state index contributed by atoms with van der Waals surface area (Å²) in [6, 6.07) is 6.41. The Hall–Kier alpha value is -2.08. The van der Waals surface area contributed by atoms with Gasteiger partial charge in [0.2, 0.25) is 0 Å². The SMILES string of the molecule is NC(=S)N/N=C\c1nccc2c(F)cccc12. The van der Waals surface area contributed by atoms with Crippen LogP contribution < -0.4 is 11.2 Å². The highest BCUT2D eigenvalue weighted by molar-refractivity contribution is 7.80. The standard InChI is InChI=1S/C11H9FN4S/c12-9-3-1-2-8-7(9)4-5-14-10(8)6-15-16-11(13)17/h1-6H,(H3,13,16,17)/b15-6-. The highest BCUT2D eigenvalue weighted by Gasteiger charge is 2.03. The Labute approximate surface area is 102 Å². The van der Waals surface area contributed by atoms with Crippen molar-refractivity contribution in [2.45, 2.75) is 0 Å². The molecule has 2 rings (SSSR count). The molecule has 3 N–H and O–H groups in total. The second-order valence-corrected chi connectivity index (χ2v) is 3.71. The molecule has 0 saturated heterocycles. The van der Waals surface area contributed by atoms with Crippen LogP contribution in [0.3, 0.4) is 0 Å². The molecule has 0 bridgehead atoms. The summed E-state index contributed by atoms with van der Waals surface area (Å²) in [5.41, 5.74) is 8.18.